The molecule has 0 bridgehead atoms. The second-order valence-corrected chi connectivity index (χ2v) is 17.6. The summed E-state index contributed by atoms with van der Waals surface area (Å²) in [7, 11) is 0. The number of para-hydroxylation sites is 1. The van der Waals surface area contributed by atoms with Gasteiger partial charge in [-0.25, -0.2) is 4.98 Å². The molecule has 64 heavy (non-hydrogen) atoms. The molecule has 2 aromatic heterocycles. The second-order valence-electron chi connectivity index (χ2n) is 17.6. The number of aromatic nitrogens is 3. The molecule has 0 aliphatic rings. The molecule has 4 nitrogen and oxygen atoms in total. The Bertz CT molecular complexity index is 3410. The van der Waals surface area contributed by atoms with Crippen LogP contribution >= 0.6 is 0 Å². The maximum Gasteiger partial charge on any atom is 0.149 e. The van der Waals surface area contributed by atoms with E-state index in [1.807, 2.05) is 163 Å². The molecule has 7 aromatic carbocycles. The summed E-state index contributed by atoms with van der Waals surface area (Å²) in [5.41, 5.74) is 14.8. The lowest BCUT2D eigenvalue weighted by Crippen LogP contribution is -2.01. The van der Waals surface area contributed by atoms with Gasteiger partial charge in [-0.05, 0) is 165 Å². The average molecular weight is 842 g/mol. The fourth-order valence-electron chi connectivity index (χ4n) is 8.66. The zero-order chi connectivity index (χ0) is 50.1. The maximum atomic E-state index is 11.8. The van der Waals surface area contributed by atoms with Crippen molar-refractivity contribution >= 4 is 11.0 Å². The third kappa shape index (κ3) is 8.17. The number of fused-ring (bicyclic) bond motifs is 1. The first-order valence-corrected chi connectivity index (χ1v) is 21.9. The monoisotopic (exact) mass is 841 g/mol. The van der Waals surface area contributed by atoms with Crippen molar-refractivity contribution in [3.05, 3.63) is 191 Å². The van der Waals surface area contributed by atoms with Crippen LogP contribution in [0.15, 0.2) is 158 Å². The van der Waals surface area contributed by atoms with Gasteiger partial charge in [0, 0.05) is 25.5 Å². The van der Waals surface area contributed by atoms with Gasteiger partial charge in [0.05, 0.1) is 28.0 Å². The van der Waals surface area contributed by atoms with E-state index in [9.17, 15) is 5.11 Å². The van der Waals surface area contributed by atoms with Crippen molar-refractivity contribution in [1.29, 1.82) is 0 Å². The van der Waals surface area contributed by atoms with Gasteiger partial charge in [0.1, 0.15) is 11.6 Å². The first-order chi connectivity index (χ1) is 32.9. The van der Waals surface area contributed by atoms with E-state index < -0.39 is 24.5 Å². The van der Waals surface area contributed by atoms with E-state index in [1.165, 1.54) is 0 Å². The predicted octanol–water partition coefficient (Wildman–Crippen LogP) is 16.4. The van der Waals surface area contributed by atoms with Crippen molar-refractivity contribution in [1.82, 2.24) is 14.5 Å². The number of nitrogens with zero attached hydrogens (tertiary/aromatic N) is 3. The molecule has 318 valence electrons. The number of imidazole rings is 1. The number of hydrogen-bond donors (Lipinski definition) is 1. The van der Waals surface area contributed by atoms with Crippen LogP contribution in [0.3, 0.4) is 0 Å². The zero-order valence-electron chi connectivity index (χ0n) is 43.8. The number of phenols is 1. The molecule has 9 aromatic rings. The van der Waals surface area contributed by atoms with Gasteiger partial charge >= 0.3 is 0 Å². The molecular weight excluding hydrogens is 779 g/mol. The molecule has 4 heteroatoms. The summed E-state index contributed by atoms with van der Waals surface area (Å²) < 4.78 is 55.2. The Morgan fingerprint density at radius 1 is 0.516 bits per heavy atom. The highest BCUT2D eigenvalue weighted by Gasteiger charge is 2.23. The Morgan fingerprint density at radius 3 is 1.86 bits per heavy atom. The lowest BCUT2D eigenvalue weighted by molar-refractivity contribution is 0.472. The van der Waals surface area contributed by atoms with Crippen molar-refractivity contribution in [2.24, 2.45) is 0 Å². The standard InChI is InChI=1S/C60H57N3O/c1-36(2)42-18-20-44(21-19-42)46-24-25-61-55(35-46)52-33-49(43-14-11-10-12-15-43)32-51(34-52)53-16-13-17-57-58(53)62-60(54-27-39(7)26-41(9)59(54)64)63(57)56-23-22-45(28-40(56)8)50-30-47(37(3)4)29-48(31-50)38(5)6/h10-38,64H,1-9H3/i8D3,36D,37D,38D. The van der Waals surface area contributed by atoms with Gasteiger partial charge in [0.2, 0.25) is 0 Å². The van der Waals surface area contributed by atoms with E-state index >= 15 is 0 Å². The molecule has 2 heterocycles. The molecule has 0 spiro atoms. The Hall–Kier alpha value is -7.04. The zero-order valence-corrected chi connectivity index (χ0v) is 37.8. The molecule has 0 radical (unpaired) electrons. The highest BCUT2D eigenvalue weighted by molar-refractivity contribution is 5.98. The van der Waals surface area contributed by atoms with Gasteiger partial charge < -0.3 is 5.11 Å². The van der Waals surface area contributed by atoms with Gasteiger partial charge in [-0.2, -0.15) is 0 Å². The van der Waals surface area contributed by atoms with Crippen LogP contribution < -0.4 is 0 Å². The van der Waals surface area contributed by atoms with E-state index in [0.29, 0.717) is 39.2 Å². The maximum absolute atomic E-state index is 11.8. The van der Waals surface area contributed by atoms with Crippen LogP contribution in [0, 0.1) is 20.7 Å². The molecule has 0 saturated carbocycles. The van der Waals surface area contributed by atoms with E-state index in [4.69, 9.17) is 18.2 Å². The molecule has 0 saturated heterocycles. The summed E-state index contributed by atoms with van der Waals surface area (Å²) in [5.74, 6) is -2.21. The Kier molecular flexibility index (Phi) is 9.55. The van der Waals surface area contributed by atoms with E-state index in [2.05, 4.69) is 48.5 Å². The molecule has 0 aliphatic carbocycles. The van der Waals surface area contributed by atoms with E-state index in [-0.39, 0.29) is 11.3 Å². The van der Waals surface area contributed by atoms with Crippen molar-refractivity contribution in [2.45, 2.75) is 79.9 Å². The lowest BCUT2D eigenvalue weighted by Gasteiger charge is -2.17. The number of benzene rings is 7. The van der Waals surface area contributed by atoms with Crippen LogP contribution in [0.1, 0.15) is 101 Å². The fraction of sp³-hybridized carbons (Fsp3) is 0.200. The minimum absolute atomic E-state index is 0.0495. The summed E-state index contributed by atoms with van der Waals surface area (Å²) in [6.07, 6.45) is 1.82. The number of rotatable bonds is 10. The lowest BCUT2D eigenvalue weighted by atomic mass is 9.90. The Balaban J connectivity index is 1.28. The summed E-state index contributed by atoms with van der Waals surface area (Å²) in [6, 6.07) is 49.6. The van der Waals surface area contributed by atoms with Crippen molar-refractivity contribution in [3.63, 3.8) is 0 Å². The summed E-state index contributed by atoms with van der Waals surface area (Å²) in [6.45, 7) is 12.2. The average Bonchev–Trinajstić information content (AvgIpc) is 3.71. The highest BCUT2D eigenvalue weighted by Crippen LogP contribution is 2.42. The number of pyridine rings is 1. The minimum atomic E-state index is -2.59. The smallest absolute Gasteiger partial charge is 0.149 e. The fourth-order valence-corrected chi connectivity index (χ4v) is 8.66. The van der Waals surface area contributed by atoms with Crippen LogP contribution in [0.25, 0.3) is 83.9 Å². The Morgan fingerprint density at radius 2 is 1.16 bits per heavy atom. The van der Waals surface area contributed by atoms with Crippen molar-refractivity contribution < 1.29 is 13.3 Å². The van der Waals surface area contributed by atoms with Crippen molar-refractivity contribution in [3.8, 4) is 78.6 Å². The van der Waals surface area contributed by atoms with Crippen LogP contribution in [-0.2, 0) is 0 Å². The van der Waals surface area contributed by atoms with Crippen LogP contribution in [0.4, 0.5) is 0 Å². The first-order valence-electron chi connectivity index (χ1n) is 24.9. The van der Waals surface area contributed by atoms with Gasteiger partial charge in [-0.1, -0.05) is 139 Å². The number of aryl methyl sites for hydroxylation is 3. The quantitative estimate of drug-likeness (QED) is 0.149. The van der Waals surface area contributed by atoms with Gasteiger partial charge in [0.15, 0.2) is 0 Å². The van der Waals surface area contributed by atoms with Crippen molar-refractivity contribution in [2.75, 3.05) is 0 Å². The van der Waals surface area contributed by atoms with Gasteiger partial charge in [0.25, 0.3) is 0 Å². The van der Waals surface area contributed by atoms with Crippen LogP contribution in [0.5, 0.6) is 5.75 Å². The van der Waals surface area contributed by atoms with Gasteiger partial charge in [-0.15, -0.1) is 0 Å². The minimum Gasteiger partial charge on any atom is -0.507 e. The topological polar surface area (TPSA) is 50.9 Å². The van der Waals surface area contributed by atoms with Crippen LogP contribution in [-0.4, -0.2) is 19.6 Å². The highest BCUT2D eigenvalue weighted by atomic mass is 16.3. The number of hydrogen-bond acceptors (Lipinski definition) is 3. The summed E-state index contributed by atoms with van der Waals surface area (Å²) in [5, 5.41) is 11.8. The third-order valence-electron chi connectivity index (χ3n) is 12.2. The molecule has 0 amide bonds. The molecule has 0 fully saturated rings. The van der Waals surface area contributed by atoms with Crippen LogP contribution in [0.2, 0.25) is 0 Å². The third-order valence-corrected chi connectivity index (χ3v) is 12.2. The molecule has 0 aliphatic heterocycles. The molecule has 0 unspecified atom stereocenters. The summed E-state index contributed by atoms with van der Waals surface area (Å²) in [4.78, 5) is 10.3. The first kappa shape index (κ1) is 35.4. The van der Waals surface area contributed by atoms with E-state index in [0.717, 1.165) is 72.5 Å². The van der Waals surface area contributed by atoms with Gasteiger partial charge in [-0.3, -0.25) is 9.55 Å². The second kappa shape index (κ2) is 17.3. The SMILES string of the molecule is [2H]C([2H])([2H])c1cc(-c2cc(C([2H])(C)C)cc(C([2H])(C)C)c2)ccc1-n1c(-c2cc(C)cc(C)c2O)nc2c(-c3cc(-c4ccccc4)cc(-c4cc(-c5ccc(C([2H])(C)C)cc5)ccn4)c3)cccc21. The largest absolute Gasteiger partial charge is 0.507 e. The molecule has 0 atom stereocenters. The van der Waals surface area contributed by atoms with E-state index in [1.54, 1.807) is 6.07 Å². The predicted molar refractivity (Wildman–Crippen MR) is 270 cm³/mol. The summed E-state index contributed by atoms with van der Waals surface area (Å²) >= 11 is 0. The molecule has 1 N–H and O–H groups in total. The number of phenolic OH excluding ortho intramolecular Hbond substituents is 1. The molecule has 9 rings (SSSR count). The Labute approximate surface area is 387 Å². The normalized spacial score (nSPS) is 13.8. The molecular formula is C60H57N3O. The number of aromatic hydroxyl groups is 1.